The van der Waals surface area contributed by atoms with Crippen LogP contribution in [0.25, 0.3) is 0 Å². The van der Waals surface area contributed by atoms with Crippen molar-refractivity contribution in [1.29, 1.82) is 0 Å². The third kappa shape index (κ3) is 3.67. The highest BCUT2D eigenvalue weighted by Gasteiger charge is 2.18. The van der Waals surface area contributed by atoms with Crippen molar-refractivity contribution in [3.8, 4) is 0 Å². The van der Waals surface area contributed by atoms with E-state index >= 15 is 0 Å². The van der Waals surface area contributed by atoms with Gasteiger partial charge in [0, 0.05) is 30.5 Å². The van der Waals surface area contributed by atoms with Gasteiger partial charge in [-0.05, 0) is 23.6 Å². The molecule has 0 amide bonds. The zero-order chi connectivity index (χ0) is 11.3. The molecule has 0 saturated carbocycles. The summed E-state index contributed by atoms with van der Waals surface area (Å²) in [6.07, 6.45) is 0. The van der Waals surface area contributed by atoms with Crippen LogP contribution in [0.15, 0.2) is 24.3 Å². The van der Waals surface area contributed by atoms with Crippen LogP contribution in [0.2, 0.25) is 5.02 Å². The molecule has 0 spiro atoms. The van der Waals surface area contributed by atoms with Gasteiger partial charge in [-0.3, -0.25) is 0 Å². The summed E-state index contributed by atoms with van der Waals surface area (Å²) >= 11 is 11.9. The molecule has 1 nitrogen and oxygen atoms in total. The Hall–Kier alpha value is -0.240. The Balaban J connectivity index is 2.82. The lowest BCUT2D eigenvalue weighted by Gasteiger charge is -2.21. The minimum atomic E-state index is 0.297. The maximum Gasteiger partial charge on any atom is 0.0494 e. The number of benzene rings is 1. The van der Waals surface area contributed by atoms with Crippen LogP contribution in [0.1, 0.15) is 18.4 Å². The van der Waals surface area contributed by atoms with E-state index in [1.165, 1.54) is 5.56 Å². The average Bonchev–Trinajstić information content (AvgIpc) is 2.19. The second kappa shape index (κ2) is 6.37. The van der Waals surface area contributed by atoms with Gasteiger partial charge in [-0.15, -0.1) is 11.6 Å². The molecule has 2 atom stereocenters. The van der Waals surface area contributed by atoms with Crippen LogP contribution in [0.5, 0.6) is 0 Å². The van der Waals surface area contributed by atoms with Crippen LogP contribution in [-0.4, -0.2) is 19.6 Å². The Labute approximate surface area is 101 Å². The number of alkyl halides is 1. The van der Waals surface area contributed by atoms with Gasteiger partial charge in [0.15, 0.2) is 0 Å². The zero-order valence-corrected chi connectivity index (χ0v) is 10.6. The van der Waals surface area contributed by atoms with Crippen LogP contribution in [0.3, 0.4) is 0 Å². The second-order valence-corrected chi connectivity index (χ2v) is 4.49. The zero-order valence-electron chi connectivity index (χ0n) is 9.04. The summed E-state index contributed by atoms with van der Waals surface area (Å²) < 4.78 is 5.15. The van der Waals surface area contributed by atoms with Crippen molar-refractivity contribution in [3.05, 3.63) is 34.9 Å². The first-order chi connectivity index (χ1) is 7.19. The largest absolute Gasteiger partial charge is 0.384 e. The first-order valence-electron chi connectivity index (χ1n) is 4.99. The molecule has 0 aliphatic carbocycles. The van der Waals surface area contributed by atoms with E-state index in [2.05, 4.69) is 13.0 Å². The lowest BCUT2D eigenvalue weighted by atomic mass is 9.89. The molecular formula is C12H16Cl2O. The van der Waals surface area contributed by atoms with E-state index in [1.54, 1.807) is 7.11 Å². The van der Waals surface area contributed by atoms with Crippen molar-refractivity contribution in [2.45, 2.75) is 12.8 Å². The van der Waals surface area contributed by atoms with E-state index in [4.69, 9.17) is 27.9 Å². The molecule has 3 heteroatoms. The van der Waals surface area contributed by atoms with Crippen molar-refractivity contribution in [2.24, 2.45) is 5.92 Å². The van der Waals surface area contributed by atoms with E-state index in [0.717, 1.165) is 5.02 Å². The van der Waals surface area contributed by atoms with Crippen molar-refractivity contribution < 1.29 is 4.74 Å². The minimum absolute atomic E-state index is 0.297. The summed E-state index contributed by atoms with van der Waals surface area (Å²) in [6.45, 7) is 2.85. The van der Waals surface area contributed by atoms with E-state index in [0.29, 0.717) is 24.3 Å². The highest BCUT2D eigenvalue weighted by Crippen LogP contribution is 2.27. The van der Waals surface area contributed by atoms with Crippen LogP contribution in [-0.2, 0) is 4.74 Å². The molecule has 1 aromatic rings. The summed E-state index contributed by atoms with van der Waals surface area (Å²) in [7, 11) is 1.71. The van der Waals surface area contributed by atoms with Crippen LogP contribution in [0, 0.1) is 5.92 Å². The fourth-order valence-corrected chi connectivity index (χ4v) is 2.37. The second-order valence-electron chi connectivity index (χ2n) is 3.75. The number of methoxy groups -OCH3 is 1. The molecule has 0 saturated heterocycles. The maximum absolute atomic E-state index is 5.99. The number of hydrogen-bond acceptors (Lipinski definition) is 1. The molecule has 0 aromatic heterocycles. The van der Waals surface area contributed by atoms with Crippen LogP contribution in [0.4, 0.5) is 0 Å². The van der Waals surface area contributed by atoms with Gasteiger partial charge in [0.05, 0.1) is 0 Å². The Morgan fingerprint density at radius 1 is 1.40 bits per heavy atom. The molecule has 0 aliphatic rings. The fraction of sp³-hybridized carbons (Fsp3) is 0.500. The SMILES string of the molecule is COCC(C)C(CCl)c1cccc(Cl)c1. The number of hydrogen-bond donors (Lipinski definition) is 0. The predicted octanol–water partition coefficient (Wildman–Crippen LogP) is 3.94. The van der Waals surface area contributed by atoms with Gasteiger partial charge in [-0.1, -0.05) is 30.7 Å². The molecule has 1 aromatic carbocycles. The molecule has 84 valence electrons. The van der Waals surface area contributed by atoms with Gasteiger partial charge in [0.1, 0.15) is 0 Å². The van der Waals surface area contributed by atoms with E-state index in [-0.39, 0.29) is 0 Å². The Morgan fingerprint density at radius 3 is 2.67 bits per heavy atom. The third-order valence-corrected chi connectivity index (χ3v) is 3.13. The molecule has 0 fully saturated rings. The van der Waals surface area contributed by atoms with Crippen molar-refractivity contribution in [1.82, 2.24) is 0 Å². The summed E-state index contributed by atoms with van der Waals surface area (Å²) in [5, 5.41) is 0.757. The molecule has 15 heavy (non-hydrogen) atoms. The smallest absolute Gasteiger partial charge is 0.0494 e. The predicted molar refractivity (Wildman–Crippen MR) is 66.0 cm³/mol. The molecule has 0 bridgehead atoms. The molecule has 2 unspecified atom stereocenters. The Kier molecular flexibility index (Phi) is 5.44. The molecular weight excluding hydrogens is 231 g/mol. The number of rotatable bonds is 5. The Bertz CT molecular complexity index is 301. The van der Waals surface area contributed by atoms with Gasteiger partial charge in [-0.25, -0.2) is 0 Å². The van der Waals surface area contributed by atoms with E-state index < -0.39 is 0 Å². The van der Waals surface area contributed by atoms with Gasteiger partial charge in [0.2, 0.25) is 0 Å². The Morgan fingerprint density at radius 2 is 2.13 bits per heavy atom. The standard InChI is InChI=1S/C12H16Cl2O/c1-9(8-15-2)12(7-13)10-4-3-5-11(14)6-10/h3-6,9,12H,7-8H2,1-2H3. The third-order valence-electron chi connectivity index (χ3n) is 2.56. The van der Waals surface area contributed by atoms with Crippen LogP contribution >= 0.6 is 23.2 Å². The lowest BCUT2D eigenvalue weighted by Crippen LogP contribution is -2.16. The normalized spacial score (nSPS) is 14.9. The minimum Gasteiger partial charge on any atom is -0.384 e. The quantitative estimate of drug-likeness (QED) is 0.716. The van der Waals surface area contributed by atoms with Gasteiger partial charge < -0.3 is 4.74 Å². The molecule has 0 N–H and O–H groups in total. The fourth-order valence-electron chi connectivity index (χ4n) is 1.69. The molecule has 0 heterocycles. The molecule has 0 radical (unpaired) electrons. The highest BCUT2D eigenvalue weighted by molar-refractivity contribution is 6.30. The number of ether oxygens (including phenoxy) is 1. The molecule has 1 rings (SSSR count). The summed E-state index contributed by atoms with van der Waals surface area (Å²) in [5.74, 6) is 1.28. The topological polar surface area (TPSA) is 9.23 Å². The molecule has 0 aliphatic heterocycles. The van der Waals surface area contributed by atoms with Crippen molar-refractivity contribution >= 4 is 23.2 Å². The van der Waals surface area contributed by atoms with Gasteiger partial charge in [0.25, 0.3) is 0 Å². The highest BCUT2D eigenvalue weighted by atomic mass is 35.5. The van der Waals surface area contributed by atoms with Crippen molar-refractivity contribution in [2.75, 3.05) is 19.6 Å². The van der Waals surface area contributed by atoms with Gasteiger partial charge in [-0.2, -0.15) is 0 Å². The summed E-state index contributed by atoms with van der Waals surface area (Å²) in [5.41, 5.74) is 1.18. The van der Waals surface area contributed by atoms with Crippen molar-refractivity contribution in [3.63, 3.8) is 0 Å². The summed E-state index contributed by atoms with van der Waals surface area (Å²) in [4.78, 5) is 0. The maximum atomic E-state index is 5.99. The lowest BCUT2D eigenvalue weighted by molar-refractivity contribution is 0.150. The first kappa shape index (κ1) is 12.8. The van der Waals surface area contributed by atoms with Crippen LogP contribution < -0.4 is 0 Å². The van der Waals surface area contributed by atoms with E-state index in [1.807, 2.05) is 18.2 Å². The van der Waals surface area contributed by atoms with E-state index in [9.17, 15) is 0 Å². The average molecular weight is 247 g/mol. The van der Waals surface area contributed by atoms with Gasteiger partial charge >= 0.3 is 0 Å². The first-order valence-corrected chi connectivity index (χ1v) is 5.90. The monoisotopic (exact) mass is 246 g/mol. The summed E-state index contributed by atoms with van der Waals surface area (Å²) in [6, 6.07) is 7.86. The number of halogens is 2.